The second-order valence-electron chi connectivity index (χ2n) is 7.10. The number of anilines is 2. The summed E-state index contributed by atoms with van der Waals surface area (Å²) >= 11 is 0. The zero-order valence-electron chi connectivity index (χ0n) is 16.0. The minimum Gasteiger partial charge on any atom is -0.372 e. The van der Waals surface area contributed by atoms with Crippen LogP contribution in [0.2, 0.25) is 0 Å². The van der Waals surface area contributed by atoms with Crippen molar-refractivity contribution in [3.05, 3.63) is 59.5 Å². The molecule has 4 rings (SSSR count). The number of amides is 1. The lowest BCUT2D eigenvalue weighted by Crippen LogP contribution is -2.18. The number of hydrogen-bond acceptors (Lipinski definition) is 3. The van der Waals surface area contributed by atoms with Gasteiger partial charge in [0.05, 0.1) is 11.3 Å². The van der Waals surface area contributed by atoms with Crippen LogP contribution >= 0.6 is 0 Å². The van der Waals surface area contributed by atoms with E-state index in [1.54, 1.807) is 0 Å². The van der Waals surface area contributed by atoms with Crippen LogP contribution in [0.3, 0.4) is 0 Å². The first-order chi connectivity index (χ1) is 13.9. The second kappa shape index (κ2) is 7.42. The number of alkyl halides is 3. The van der Waals surface area contributed by atoms with E-state index in [-0.39, 0.29) is 5.69 Å². The van der Waals surface area contributed by atoms with Gasteiger partial charge in [-0.1, -0.05) is 6.92 Å². The quantitative estimate of drug-likeness (QED) is 0.684. The van der Waals surface area contributed by atoms with Crippen molar-refractivity contribution >= 4 is 22.9 Å². The van der Waals surface area contributed by atoms with Gasteiger partial charge in [0, 0.05) is 30.7 Å². The number of imidazole rings is 1. The summed E-state index contributed by atoms with van der Waals surface area (Å²) in [6.07, 6.45) is -0.796. The van der Waals surface area contributed by atoms with Gasteiger partial charge in [0.25, 0.3) is 5.91 Å². The second-order valence-corrected chi connectivity index (χ2v) is 7.10. The average Bonchev–Trinajstić information content (AvgIpc) is 3.35. The summed E-state index contributed by atoms with van der Waals surface area (Å²) in [6, 6.07) is 9.75. The third-order valence-electron chi connectivity index (χ3n) is 5.16. The first-order valence-corrected chi connectivity index (χ1v) is 9.61. The van der Waals surface area contributed by atoms with E-state index in [1.165, 1.54) is 23.3 Å². The predicted molar refractivity (Wildman–Crippen MR) is 105 cm³/mol. The number of aromatic nitrogens is 2. The SMILES string of the molecule is CCc1nc2ccc(C(F)(F)F)cn2c1C(=O)Nc1ccc(N2CCCC2)cc1. The van der Waals surface area contributed by atoms with Crippen molar-refractivity contribution in [2.75, 3.05) is 23.3 Å². The molecule has 0 atom stereocenters. The molecule has 2 aromatic heterocycles. The summed E-state index contributed by atoms with van der Waals surface area (Å²) in [6.45, 7) is 3.86. The molecule has 1 aliphatic heterocycles. The van der Waals surface area contributed by atoms with Crippen LogP contribution in [0.25, 0.3) is 5.65 Å². The third kappa shape index (κ3) is 3.79. The van der Waals surface area contributed by atoms with Gasteiger partial charge < -0.3 is 10.2 Å². The molecule has 1 aliphatic rings. The molecule has 29 heavy (non-hydrogen) atoms. The Labute approximate surface area is 166 Å². The molecule has 0 radical (unpaired) electrons. The Bertz CT molecular complexity index is 1030. The topological polar surface area (TPSA) is 49.6 Å². The lowest BCUT2D eigenvalue weighted by atomic mass is 10.2. The van der Waals surface area contributed by atoms with Crippen LogP contribution in [0.5, 0.6) is 0 Å². The molecule has 1 amide bonds. The summed E-state index contributed by atoms with van der Waals surface area (Å²) in [5.41, 5.74) is 1.74. The van der Waals surface area contributed by atoms with Crippen LogP contribution in [0.15, 0.2) is 42.6 Å². The maximum absolute atomic E-state index is 13.1. The van der Waals surface area contributed by atoms with Crippen molar-refractivity contribution in [2.24, 2.45) is 0 Å². The number of aryl methyl sites for hydroxylation is 1. The van der Waals surface area contributed by atoms with Crippen LogP contribution in [0.4, 0.5) is 24.5 Å². The minimum atomic E-state index is -4.50. The molecule has 0 unspecified atom stereocenters. The summed E-state index contributed by atoms with van der Waals surface area (Å²) < 4.78 is 40.6. The molecule has 8 heteroatoms. The van der Waals surface area contributed by atoms with Crippen LogP contribution in [-0.2, 0) is 12.6 Å². The molecule has 1 saturated heterocycles. The molecule has 3 aromatic rings. The number of benzene rings is 1. The van der Waals surface area contributed by atoms with Crippen molar-refractivity contribution in [1.82, 2.24) is 9.38 Å². The van der Waals surface area contributed by atoms with Gasteiger partial charge in [-0.2, -0.15) is 13.2 Å². The van der Waals surface area contributed by atoms with Crippen LogP contribution < -0.4 is 10.2 Å². The van der Waals surface area contributed by atoms with E-state index in [1.807, 2.05) is 31.2 Å². The highest BCUT2D eigenvalue weighted by atomic mass is 19.4. The number of carbonyl (C=O) groups excluding carboxylic acids is 1. The van der Waals surface area contributed by atoms with Gasteiger partial charge in [0.1, 0.15) is 11.3 Å². The Morgan fingerprint density at radius 3 is 2.41 bits per heavy atom. The van der Waals surface area contributed by atoms with Crippen molar-refractivity contribution in [1.29, 1.82) is 0 Å². The van der Waals surface area contributed by atoms with Crippen LogP contribution in [0, 0.1) is 0 Å². The minimum absolute atomic E-state index is 0.122. The Morgan fingerprint density at radius 1 is 1.10 bits per heavy atom. The molecular formula is C21H21F3N4O. The van der Waals surface area contributed by atoms with E-state index >= 15 is 0 Å². The van der Waals surface area contributed by atoms with E-state index in [4.69, 9.17) is 0 Å². The first kappa shape index (κ1) is 19.3. The molecule has 0 aliphatic carbocycles. The average molecular weight is 402 g/mol. The van der Waals surface area contributed by atoms with Crippen molar-refractivity contribution < 1.29 is 18.0 Å². The van der Waals surface area contributed by atoms with Gasteiger partial charge in [-0.05, 0) is 55.7 Å². The number of hydrogen-bond donors (Lipinski definition) is 1. The van der Waals surface area contributed by atoms with Gasteiger partial charge >= 0.3 is 6.18 Å². The lowest BCUT2D eigenvalue weighted by molar-refractivity contribution is -0.137. The predicted octanol–water partition coefficient (Wildman–Crippen LogP) is 4.77. The van der Waals surface area contributed by atoms with Crippen LogP contribution in [-0.4, -0.2) is 28.4 Å². The monoisotopic (exact) mass is 402 g/mol. The highest BCUT2D eigenvalue weighted by Crippen LogP contribution is 2.30. The fraction of sp³-hybridized carbons (Fsp3) is 0.333. The molecule has 1 aromatic carbocycles. The maximum atomic E-state index is 13.1. The largest absolute Gasteiger partial charge is 0.417 e. The van der Waals surface area contributed by atoms with Gasteiger partial charge in [-0.25, -0.2) is 4.98 Å². The number of halogens is 3. The van der Waals surface area contributed by atoms with Crippen molar-refractivity contribution in [2.45, 2.75) is 32.4 Å². The third-order valence-corrected chi connectivity index (χ3v) is 5.16. The van der Waals surface area contributed by atoms with Gasteiger partial charge in [-0.15, -0.1) is 0 Å². The first-order valence-electron chi connectivity index (χ1n) is 9.61. The molecular weight excluding hydrogens is 381 g/mol. The molecule has 0 spiro atoms. The Hall–Kier alpha value is -3.03. The number of fused-ring (bicyclic) bond motifs is 1. The highest BCUT2D eigenvalue weighted by molar-refractivity contribution is 6.04. The summed E-state index contributed by atoms with van der Waals surface area (Å²) in [5.74, 6) is -0.484. The van der Waals surface area contributed by atoms with E-state index < -0.39 is 17.6 Å². The number of pyridine rings is 1. The molecule has 1 N–H and O–H groups in total. The molecule has 0 saturated carbocycles. The zero-order valence-corrected chi connectivity index (χ0v) is 16.0. The molecule has 5 nitrogen and oxygen atoms in total. The summed E-state index contributed by atoms with van der Waals surface area (Å²) in [7, 11) is 0. The number of nitrogens with one attached hydrogen (secondary N) is 1. The van der Waals surface area contributed by atoms with E-state index in [9.17, 15) is 18.0 Å². The smallest absolute Gasteiger partial charge is 0.372 e. The zero-order chi connectivity index (χ0) is 20.6. The normalized spacial score (nSPS) is 14.6. The van der Waals surface area contributed by atoms with Crippen molar-refractivity contribution in [3.63, 3.8) is 0 Å². The van der Waals surface area contributed by atoms with E-state index in [0.717, 1.165) is 31.0 Å². The van der Waals surface area contributed by atoms with E-state index in [2.05, 4.69) is 15.2 Å². The number of rotatable bonds is 4. The lowest BCUT2D eigenvalue weighted by Gasteiger charge is -2.17. The number of carbonyl (C=O) groups is 1. The van der Waals surface area contributed by atoms with Gasteiger partial charge in [-0.3, -0.25) is 9.20 Å². The molecule has 0 bridgehead atoms. The Morgan fingerprint density at radius 2 is 1.79 bits per heavy atom. The molecule has 1 fully saturated rings. The highest BCUT2D eigenvalue weighted by Gasteiger charge is 2.32. The fourth-order valence-electron chi connectivity index (χ4n) is 3.67. The summed E-state index contributed by atoms with van der Waals surface area (Å²) in [5, 5.41) is 2.79. The van der Waals surface area contributed by atoms with Gasteiger partial charge in [0.2, 0.25) is 0 Å². The van der Waals surface area contributed by atoms with Crippen molar-refractivity contribution in [3.8, 4) is 0 Å². The van der Waals surface area contributed by atoms with E-state index in [0.29, 0.717) is 23.4 Å². The fourth-order valence-corrected chi connectivity index (χ4v) is 3.67. The standard InChI is InChI=1S/C21H21F3N4O/c1-2-17-19(28-13-14(21(22,23)24)5-10-18(28)26-17)20(29)25-15-6-8-16(9-7-15)27-11-3-4-12-27/h5-10,13H,2-4,11-12H2,1H3,(H,25,29). The maximum Gasteiger partial charge on any atom is 0.417 e. The Balaban J connectivity index is 1.63. The number of nitrogens with zero attached hydrogens (tertiary/aromatic N) is 3. The summed E-state index contributed by atoms with van der Waals surface area (Å²) in [4.78, 5) is 19.5. The van der Waals surface area contributed by atoms with Crippen LogP contribution in [0.1, 0.15) is 41.5 Å². The molecule has 152 valence electrons. The molecule has 3 heterocycles. The van der Waals surface area contributed by atoms with Gasteiger partial charge in [0.15, 0.2) is 0 Å². The Kier molecular flexibility index (Phi) is 4.94.